The average Bonchev–Trinajstić information content (AvgIpc) is 2.45. The number of hydrogen-bond donors (Lipinski definition) is 0. The van der Waals surface area contributed by atoms with E-state index in [1.165, 1.54) is 0 Å². The molecule has 0 N–H and O–H groups in total. The fourth-order valence-electron chi connectivity index (χ4n) is 1.48. The minimum absolute atomic E-state index is 0.0877. The molecule has 0 radical (unpaired) electrons. The van der Waals surface area contributed by atoms with E-state index >= 15 is 0 Å². The summed E-state index contributed by atoms with van der Waals surface area (Å²) in [6, 6.07) is 0. The molecule has 0 aromatic carbocycles. The van der Waals surface area contributed by atoms with Gasteiger partial charge in [-0.2, -0.15) is 0 Å². The van der Waals surface area contributed by atoms with E-state index in [1.807, 2.05) is 0 Å². The second kappa shape index (κ2) is 9.79. The van der Waals surface area contributed by atoms with Crippen LogP contribution in [0, 0.1) is 0 Å². The Labute approximate surface area is 135 Å². The summed E-state index contributed by atoms with van der Waals surface area (Å²) in [4.78, 5) is 23.1. The molecule has 0 heterocycles. The lowest BCUT2D eigenvalue weighted by Gasteiger charge is -2.27. The molecule has 0 saturated heterocycles. The maximum atomic E-state index is 11.6. The third-order valence-electron chi connectivity index (χ3n) is 4.16. The van der Waals surface area contributed by atoms with Crippen molar-refractivity contribution in [3.05, 3.63) is 0 Å². The molecule has 0 aliphatic rings. The third-order valence-corrected chi connectivity index (χ3v) is 4.16. The zero-order valence-electron chi connectivity index (χ0n) is 15.2. The molecule has 0 atom stereocenters. The third kappa shape index (κ3) is 10.6. The van der Waals surface area contributed by atoms with Crippen LogP contribution < -0.4 is 0 Å². The quantitative estimate of drug-likeness (QED) is 0.422. The van der Waals surface area contributed by atoms with Crippen molar-refractivity contribution in [2.75, 3.05) is 67.6 Å². The van der Waals surface area contributed by atoms with Crippen LogP contribution in [0.4, 0.5) is 0 Å². The molecule has 0 aliphatic carbocycles. The van der Waals surface area contributed by atoms with Crippen molar-refractivity contribution in [3.63, 3.8) is 0 Å². The van der Waals surface area contributed by atoms with Crippen LogP contribution >= 0.6 is 0 Å². The lowest BCUT2D eigenvalue weighted by molar-refractivity contribution is -0.888. The highest BCUT2D eigenvalue weighted by Crippen LogP contribution is 2.00. The SMILES string of the molecule is CC[N+](C)(C)CCOC(=O)CCC(=O)OCC[N+](C)(C)CC. The van der Waals surface area contributed by atoms with Crippen molar-refractivity contribution in [1.29, 1.82) is 0 Å². The Morgan fingerprint density at radius 3 is 1.32 bits per heavy atom. The van der Waals surface area contributed by atoms with Crippen LogP contribution in [-0.4, -0.2) is 88.5 Å². The molecule has 0 aromatic heterocycles. The summed E-state index contributed by atoms with van der Waals surface area (Å²) in [5, 5.41) is 0. The smallest absolute Gasteiger partial charge is 0.306 e. The Balaban J connectivity index is 3.76. The van der Waals surface area contributed by atoms with Crippen molar-refractivity contribution in [2.45, 2.75) is 26.7 Å². The van der Waals surface area contributed by atoms with E-state index in [0.717, 1.165) is 35.1 Å². The molecule has 130 valence electrons. The number of esters is 2. The first-order valence-electron chi connectivity index (χ1n) is 8.07. The lowest BCUT2D eigenvalue weighted by Crippen LogP contribution is -2.42. The predicted octanol–water partition coefficient (Wildman–Crippen LogP) is 1.05. The molecule has 0 rings (SSSR count). The number of carbonyl (C=O) groups excluding carboxylic acids is 2. The van der Waals surface area contributed by atoms with E-state index in [0.29, 0.717) is 13.2 Å². The number of nitrogens with zero attached hydrogens (tertiary/aromatic N) is 2. The van der Waals surface area contributed by atoms with Gasteiger partial charge in [0.15, 0.2) is 0 Å². The van der Waals surface area contributed by atoms with Crippen molar-refractivity contribution < 1.29 is 28.0 Å². The van der Waals surface area contributed by atoms with Crippen LogP contribution in [0.3, 0.4) is 0 Å². The molecule has 0 amide bonds. The van der Waals surface area contributed by atoms with Crippen LogP contribution in [-0.2, 0) is 19.1 Å². The zero-order chi connectivity index (χ0) is 17.2. The Morgan fingerprint density at radius 1 is 0.727 bits per heavy atom. The fraction of sp³-hybridized carbons (Fsp3) is 0.875. The molecule has 0 saturated carbocycles. The molecule has 0 fully saturated rings. The van der Waals surface area contributed by atoms with Gasteiger partial charge >= 0.3 is 11.9 Å². The van der Waals surface area contributed by atoms with Gasteiger partial charge in [0.25, 0.3) is 0 Å². The van der Waals surface area contributed by atoms with Crippen LogP contribution in [0.2, 0.25) is 0 Å². The van der Waals surface area contributed by atoms with E-state index in [-0.39, 0.29) is 24.8 Å². The first-order chi connectivity index (χ1) is 10.1. The lowest BCUT2D eigenvalue weighted by atomic mass is 10.3. The van der Waals surface area contributed by atoms with Gasteiger partial charge < -0.3 is 18.4 Å². The van der Waals surface area contributed by atoms with Crippen LogP contribution in [0.5, 0.6) is 0 Å². The van der Waals surface area contributed by atoms with E-state index in [4.69, 9.17) is 9.47 Å². The second-order valence-corrected chi connectivity index (χ2v) is 6.89. The van der Waals surface area contributed by atoms with Gasteiger partial charge in [-0.05, 0) is 13.8 Å². The van der Waals surface area contributed by atoms with E-state index in [9.17, 15) is 9.59 Å². The molecule has 6 heteroatoms. The van der Waals surface area contributed by atoms with E-state index in [2.05, 4.69) is 42.0 Å². The summed E-state index contributed by atoms with van der Waals surface area (Å²) in [7, 11) is 8.34. The number of quaternary nitrogens is 2. The van der Waals surface area contributed by atoms with Crippen LogP contribution in [0.1, 0.15) is 26.7 Å². The van der Waals surface area contributed by atoms with Gasteiger partial charge in [-0.25, -0.2) is 0 Å². The number of hydrogen-bond acceptors (Lipinski definition) is 4. The zero-order valence-corrected chi connectivity index (χ0v) is 15.2. The van der Waals surface area contributed by atoms with Gasteiger partial charge in [0.05, 0.1) is 54.1 Å². The Hall–Kier alpha value is -1.14. The van der Waals surface area contributed by atoms with Crippen molar-refractivity contribution in [2.24, 2.45) is 0 Å². The summed E-state index contributed by atoms with van der Waals surface area (Å²) in [5.41, 5.74) is 0. The van der Waals surface area contributed by atoms with Gasteiger partial charge in [-0.1, -0.05) is 0 Å². The minimum atomic E-state index is -0.335. The molecule has 6 nitrogen and oxygen atoms in total. The maximum absolute atomic E-state index is 11.6. The number of ether oxygens (including phenoxy) is 2. The molecular weight excluding hydrogens is 284 g/mol. The molecule has 0 unspecified atom stereocenters. The van der Waals surface area contributed by atoms with Gasteiger partial charge in [-0.15, -0.1) is 0 Å². The number of likely N-dealkylation sites (N-methyl/N-ethyl adjacent to an activating group) is 2. The second-order valence-electron chi connectivity index (χ2n) is 6.89. The minimum Gasteiger partial charge on any atom is -0.460 e. The highest BCUT2D eigenvalue weighted by atomic mass is 16.5. The number of rotatable bonds is 11. The highest BCUT2D eigenvalue weighted by Gasteiger charge is 2.15. The predicted molar refractivity (Wildman–Crippen MR) is 86.2 cm³/mol. The first kappa shape index (κ1) is 20.9. The molecule has 0 aromatic rings. The molecule has 0 aliphatic heterocycles. The molecule has 0 bridgehead atoms. The monoisotopic (exact) mass is 318 g/mol. The van der Waals surface area contributed by atoms with Crippen molar-refractivity contribution >= 4 is 11.9 Å². The fourth-order valence-corrected chi connectivity index (χ4v) is 1.48. The summed E-state index contributed by atoms with van der Waals surface area (Å²) >= 11 is 0. The topological polar surface area (TPSA) is 52.6 Å². The summed E-state index contributed by atoms with van der Waals surface area (Å²) in [6.45, 7) is 8.47. The normalized spacial score (nSPS) is 12.1. The summed E-state index contributed by atoms with van der Waals surface area (Å²) < 4.78 is 11.9. The molecule has 22 heavy (non-hydrogen) atoms. The summed E-state index contributed by atoms with van der Waals surface area (Å²) in [6.07, 6.45) is 0.175. The van der Waals surface area contributed by atoms with Crippen LogP contribution in [0.15, 0.2) is 0 Å². The molecule has 0 spiro atoms. The first-order valence-corrected chi connectivity index (χ1v) is 8.07. The Kier molecular flexibility index (Phi) is 9.28. The molecular formula is C16H34N2O4+2. The van der Waals surface area contributed by atoms with Crippen molar-refractivity contribution in [3.8, 4) is 0 Å². The maximum Gasteiger partial charge on any atom is 0.306 e. The van der Waals surface area contributed by atoms with Gasteiger partial charge in [0, 0.05) is 0 Å². The van der Waals surface area contributed by atoms with E-state index < -0.39 is 0 Å². The Bertz CT molecular complexity index is 320. The van der Waals surface area contributed by atoms with Crippen LogP contribution in [0.25, 0.3) is 0 Å². The summed E-state index contributed by atoms with van der Waals surface area (Å²) in [5.74, 6) is -0.671. The average molecular weight is 318 g/mol. The highest BCUT2D eigenvalue weighted by molar-refractivity contribution is 5.77. The van der Waals surface area contributed by atoms with Gasteiger partial charge in [-0.3, -0.25) is 9.59 Å². The van der Waals surface area contributed by atoms with Gasteiger partial charge in [0.1, 0.15) is 26.3 Å². The largest absolute Gasteiger partial charge is 0.460 e. The Morgan fingerprint density at radius 2 is 1.05 bits per heavy atom. The number of carbonyl (C=O) groups is 2. The van der Waals surface area contributed by atoms with Gasteiger partial charge in [0.2, 0.25) is 0 Å². The van der Waals surface area contributed by atoms with Crippen molar-refractivity contribution in [1.82, 2.24) is 0 Å². The van der Waals surface area contributed by atoms with E-state index in [1.54, 1.807) is 0 Å². The standard InChI is InChI=1S/C16H34N2O4/c1-7-17(3,4)11-13-21-15(19)9-10-16(20)22-14-12-18(5,6)8-2/h7-14H2,1-6H3/q+2.